The van der Waals surface area contributed by atoms with E-state index in [0.29, 0.717) is 12.5 Å². The van der Waals surface area contributed by atoms with E-state index in [1.807, 2.05) is 0 Å². The Kier molecular flexibility index (Phi) is 12.6. The minimum absolute atomic E-state index is 0.214. The maximum atomic E-state index is 10.7. The predicted molar refractivity (Wildman–Crippen MR) is 85.8 cm³/mol. The SMILES string of the molecule is C=CC[C@H](CCCCCC)C(=O)O.NC1CCCCC1. The molecule has 3 heteroatoms. The highest BCUT2D eigenvalue weighted by molar-refractivity contribution is 5.70. The average Bonchev–Trinajstić information content (AvgIpc) is 2.43. The smallest absolute Gasteiger partial charge is 0.306 e. The van der Waals surface area contributed by atoms with E-state index < -0.39 is 5.97 Å². The third kappa shape index (κ3) is 11.0. The second-order valence-corrected chi connectivity index (χ2v) is 5.81. The number of hydrogen-bond donors (Lipinski definition) is 2. The van der Waals surface area contributed by atoms with Gasteiger partial charge in [-0.2, -0.15) is 0 Å². The number of nitrogens with two attached hydrogens (primary N) is 1. The van der Waals surface area contributed by atoms with Crippen molar-refractivity contribution in [2.75, 3.05) is 0 Å². The summed E-state index contributed by atoms with van der Waals surface area (Å²) in [6.07, 6.45) is 14.3. The van der Waals surface area contributed by atoms with Crippen LogP contribution in [0.3, 0.4) is 0 Å². The minimum Gasteiger partial charge on any atom is -0.481 e. The van der Waals surface area contributed by atoms with Gasteiger partial charge in [-0.05, 0) is 25.7 Å². The van der Waals surface area contributed by atoms with Crippen molar-refractivity contribution in [1.82, 2.24) is 0 Å². The fourth-order valence-corrected chi connectivity index (χ4v) is 2.50. The Morgan fingerprint density at radius 1 is 1.30 bits per heavy atom. The Labute approximate surface area is 124 Å². The largest absolute Gasteiger partial charge is 0.481 e. The minimum atomic E-state index is -0.684. The first-order chi connectivity index (χ1) is 9.61. The number of aliphatic carboxylic acids is 1. The van der Waals surface area contributed by atoms with Crippen molar-refractivity contribution in [3.8, 4) is 0 Å². The second-order valence-electron chi connectivity index (χ2n) is 5.81. The van der Waals surface area contributed by atoms with Crippen LogP contribution >= 0.6 is 0 Å². The molecule has 0 aromatic rings. The van der Waals surface area contributed by atoms with Crippen molar-refractivity contribution >= 4 is 5.97 Å². The fraction of sp³-hybridized carbons (Fsp3) is 0.824. The Morgan fingerprint density at radius 3 is 2.35 bits per heavy atom. The van der Waals surface area contributed by atoms with E-state index >= 15 is 0 Å². The summed E-state index contributed by atoms with van der Waals surface area (Å²) in [6, 6.07) is 0.536. The molecule has 20 heavy (non-hydrogen) atoms. The highest BCUT2D eigenvalue weighted by Crippen LogP contribution is 2.15. The molecule has 1 saturated carbocycles. The van der Waals surface area contributed by atoms with E-state index in [1.165, 1.54) is 44.9 Å². The maximum Gasteiger partial charge on any atom is 0.306 e. The van der Waals surface area contributed by atoms with Gasteiger partial charge in [-0.15, -0.1) is 6.58 Å². The summed E-state index contributed by atoms with van der Waals surface area (Å²) in [5, 5.41) is 8.81. The molecule has 0 aromatic carbocycles. The molecule has 0 saturated heterocycles. The van der Waals surface area contributed by atoms with Gasteiger partial charge < -0.3 is 10.8 Å². The van der Waals surface area contributed by atoms with E-state index in [2.05, 4.69) is 13.5 Å². The molecule has 0 amide bonds. The lowest BCUT2D eigenvalue weighted by Gasteiger charge is -2.15. The summed E-state index contributed by atoms with van der Waals surface area (Å²) in [6.45, 7) is 5.72. The normalized spacial score (nSPS) is 16.9. The van der Waals surface area contributed by atoms with Gasteiger partial charge in [0.05, 0.1) is 5.92 Å². The van der Waals surface area contributed by atoms with Gasteiger partial charge in [-0.3, -0.25) is 4.79 Å². The topological polar surface area (TPSA) is 63.3 Å². The Hall–Kier alpha value is -0.830. The second kappa shape index (κ2) is 13.2. The first-order valence-electron chi connectivity index (χ1n) is 8.21. The molecule has 0 bridgehead atoms. The monoisotopic (exact) mass is 283 g/mol. The molecule has 0 radical (unpaired) electrons. The van der Waals surface area contributed by atoms with Gasteiger partial charge in [0.15, 0.2) is 0 Å². The van der Waals surface area contributed by atoms with E-state index in [0.717, 1.165) is 19.3 Å². The van der Waals surface area contributed by atoms with Crippen molar-refractivity contribution in [2.45, 2.75) is 83.6 Å². The van der Waals surface area contributed by atoms with Crippen LogP contribution in [0.15, 0.2) is 12.7 Å². The Bertz CT molecular complexity index is 247. The van der Waals surface area contributed by atoms with E-state index in [4.69, 9.17) is 10.8 Å². The lowest BCUT2D eigenvalue weighted by atomic mass is 9.97. The number of carboxylic acid groups (broad SMARTS) is 1. The highest BCUT2D eigenvalue weighted by Gasteiger charge is 2.14. The van der Waals surface area contributed by atoms with Crippen LogP contribution in [0, 0.1) is 5.92 Å². The molecule has 1 atom stereocenters. The van der Waals surface area contributed by atoms with Crippen molar-refractivity contribution in [1.29, 1.82) is 0 Å². The quantitative estimate of drug-likeness (QED) is 0.509. The summed E-state index contributed by atoms with van der Waals surface area (Å²) in [4.78, 5) is 10.7. The number of allylic oxidation sites excluding steroid dienone is 1. The van der Waals surface area contributed by atoms with Crippen LogP contribution in [0.25, 0.3) is 0 Å². The third-order valence-corrected chi connectivity index (χ3v) is 3.86. The highest BCUT2D eigenvalue weighted by atomic mass is 16.4. The molecular weight excluding hydrogens is 250 g/mol. The van der Waals surface area contributed by atoms with E-state index in [9.17, 15) is 4.79 Å². The molecule has 0 heterocycles. The van der Waals surface area contributed by atoms with E-state index in [-0.39, 0.29) is 5.92 Å². The van der Waals surface area contributed by atoms with Gasteiger partial charge in [-0.25, -0.2) is 0 Å². The Balaban J connectivity index is 0.000000428. The van der Waals surface area contributed by atoms with Crippen LogP contribution in [0.1, 0.15) is 77.6 Å². The number of unbranched alkanes of at least 4 members (excludes halogenated alkanes) is 3. The molecular formula is C17H33NO2. The average molecular weight is 283 g/mol. The lowest BCUT2D eigenvalue weighted by Crippen LogP contribution is -2.22. The third-order valence-electron chi connectivity index (χ3n) is 3.86. The lowest BCUT2D eigenvalue weighted by molar-refractivity contribution is -0.141. The standard InChI is InChI=1S/C11H20O2.C6H13N/c1-3-5-6-7-9-10(8-4-2)11(12)13;7-6-4-2-1-3-5-6/h4,10H,2-3,5-9H2,1H3,(H,12,13);6H,1-5,7H2/t10-;/m1./s1. The summed E-state index contributed by atoms with van der Waals surface area (Å²) in [7, 11) is 0. The van der Waals surface area contributed by atoms with Gasteiger partial charge >= 0.3 is 5.97 Å². The molecule has 0 aromatic heterocycles. The van der Waals surface area contributed by atoms with Gasteiger partial charge in [0.1, 0.15) is 0 Å². The van der Waals surface area contributed by atoms with Crippen molar-refractivity contribution < 1.29 is 9.90 Å². The van der Waals surface area contributed by atoms with Crippen molar-refractivity contribution in [3.63, 3.8) is 0 Å². The number of rotatable bonds is 8. The molecule has 1 fully saturated rings. The first-order valence-corrected chi connectivity index (χ1v) is 8.21. The zero-order chi connectivity index (χ0) is 15.2. The van der Waals surface area contributed by atoms with Gasteiger partial charge in [0.2, 0.25) is 0 Å². The zero-order valence-corrected chi connectivity index (χ0v) is 13.2. The summed E-state index contributed by atoms with van der Waals surface area (Å²) in [5.41, 5.74) is 5.63. The molecule has 0 aliphatic heterocycles. The van der Waals surface area contributed by atoms with Crippen LogP contribution in [0.5, 0.6) is 0 Å². The van der Waals surface area contributed by atoms with Gasteiger partial charge in [0, 0.05) is 6.04 Å². The van der Waals surface area contributed by atoms with Crippen LogP contribution in [-0.2, 0) is 4.79 Å². The van der Waals surface area contributed by atoms with E-state index in [1.54, 1.807) is 6.08 Å². The number of hydrogen-bond acceptors (Lipinski definition) is 2. The molecule has 3 N–H and O–H groups in total. The van der Waals surface area contributed by atoms with Crippen LogP contribution in [0.4, 0.5) is 0 Å². The van der Waals surface area contributed by atoms with Gasteiger partial charge in [-0.1, -0.05) is 57.9 Å². The molecule has 1 rings (SSSR count). The zero-order valence-electron chi connectivity index (χ0n) is 13.2. The van der Waals surface area contributed by atoms with Crippen molar-refractivity contribution in [3.05, 3.63) is 12.7 Å². The molecule has 118 valence electrons. The molecule has 1 aliphatic rings. The van der Waals surface area contributed by atoms with Crippen LogP contribution < -0.4 is 5.73 Å². The number of carbonyl (C=O) groups is 1. The van der Waals surface area contributed by atoms with Crippen LogP contribution in [-0.4, -0.2) is 17.1 Å². The summed E-state index contributed by atoms with van der Waals surface area (Å²) >= 11 is 0. The molecule has 3 nitrogen and oxygen atoms in total. The first kappa shape index (κ1) is 19.2. The predicted octanol–water partition coefficient (Wildman–Crippen LogP) is 4.51. The van der Waals surface area contributed by atoms with Crippen molar-refractivity contribution in [2.24, 2.45) is 11.7 Å². The van der Waals surface area contributed by atoms with Crippen LogP contribution in [0.2, 0.25) is 0 Å². The summed E-state index contributed by atoms with van der Waals surface area (Å²) in [5.74, 6) is -0.897. The maximum absolute atomic E-state index is 10.7. The fourth-order valence-electron chi connectivity index (χ4n) is 2.50. The molecule has 0 spiro atoms. The molecule has 0 unspecified atom stereocenters. The number of carboxylic acids is 1. The Morgan fingerprint density at radius 2 is 1.95 bits per heavy atom. The summed E-state index contributed by atoms with van der Waals surface area (Å²) < 4.78 is 0. The molecule has 1 aliphatic carbocycles. The van der Waals surface area contributed by atoms with Gasteiger partial charge in [0.25, 0.3) is 0 Å².